The quantitative estimate of drug-likeness (QED) is 0.818. The van der Waals surface area contributed by atoms with Crippen molar-refractivity contribution >= 4 is 0 Å². The van der Waals surface area contributed by atoms with Crippen LogP contribution in [0.15, 0.2) is 0 Å². The summed E-state index contributed by atoms with van der Waals surface area (Å²) in [4.78, 5) is 2.57. The van der Waals surface area contributed by atoms with E-state index in [0.717, 1.165) is 55.6 Å². The lowest BCUT2D eigenvalue weighted by atomic mass is 9.45. The Morgan fingerprint density at radius 3 is 2.44 bits per heavy atom. The van der Waals surface area contributed by atoms with Gasteiger partial charge >= 0.3 is 0 Å². The Labute approximate surface area is 154 Å². The van der Waals surface area contributed by atoms with Gasteiger partial charge in [-0.15, -0.1) is 0 Å². The molecule has 0 saturated heterocycles. The van der Waals surface area contributed by atoms with Crippen LogP contribution in [0.2, 0.25) is 0 Å². The molecule has 0 aromatic rings. The molecule has 4 fully saturated rings. The topological polar surface area (TPSA) is 49.5 Å². The molecule has 4 aliphatic rings. The SMILES string of the molecule is CN(CCN)[C@@H]1CC[C@@H]2[C@@H]3CC[C@H]4C[C@H](O)CC[C@]4(C)[C@@H]3CC[C@@]21C. The first-order valence-corrected chi connectivity index (χ1v) is 11.0. The number of nitrogens with zero attached hydrogens (tertiary/aromatic N) is 1. The van der Waals surface area contributed by atoms with E-state index in [9.17, 15) is 5.11 Å². The van der Waals surface area contributed by atoms with Crippen LogP contribution >= 0.6 is 0 Å². The monoisotopic (exact) mass is 348 g/mol. The summed E-state index contributed by atoms with van der Waals surface area (Å²) in [6.07, 6.45) is 11.8. The van der Waals surface area contributed by atoms with Crippen LogP contribution in [-0.2, 0) is 0 Å². The molecule has 3 heteroatoms. The van der Waals surface area contributed by atoms with Crippen LogP contribution in [-0.4, -0.2) is 42.3 Å². The Morgan fingerprint density at radius 1 is 0.960 bits per heavy atom. The lowest BCUT2D eigenvalue weighted by Crippen LogP contribution is -2.56. The zero-order valence-corrected chi connectivity index (χ0v) is 16.7. The molecule has 8 atom stereocenters. The number of hydrogen-bond donors (Lipinski definition) is 2. The number of likely N-dealkylation sites (N-methyl/N-ethyl adjacent to an activating group) is 1. The van der Waals surface area contributed by atoms with E-state index in [0.29, 0.717) is 10.8 Å². The third-order valence-electron chi connectivity index (χ3n) is 9.60. The summed E-state index contributed by atoms with van der Waals surface area (Å²) >= 11 is 0. The third kappa shape index (κ3) is 2.72. The molecule has 0 radical (unpaired) electrons. The van der Waals surface area contributed by atoms with Crippen LogP contribution in [0, 0.1) is 34.5 Å². The Kier molecular flexibility index (Phi) is 4.74. The molecular formula is C22H40N2O. The molecule has 0 bridgehead atoms. The predicted octanol–water partition coefficient (Wildman–Crippen LogP) is 3.65. The summed E-state index contributed by atoms with van der Waals surface area (Å²) in [5.74, 6) is 3.54. The number of fused-ring (bicyclic) bond motifs is 5. The highest BCUT2D eigenvalue weighted by molar-refractivity contribution is 5.11. The number of rotatable bonds is 3. The van der Waals surface area contributed by atoms with Crippen LogP contribution in [0.5, 0.6) is 0 Å². The van der Waals surface area contributed by atoms with Gasteiger partial charge in [0.2, 0.25) is 0 Å². The van der Waals surface area contributed by atoms with Crippen LogP contribution in [0.4, 0.5) is 0 Å². The van der Waals surface area contributed by atoms with Crippen molar-refractivity contribution in [2.24, 2.45) is 40.2 Å². The molecular weight excluding hydrogens is 308 g/mol. The summed E-state index contributed by atoms with van der Waals surface area (Å²) < 4.78 is 0. The summed E-state index contributed by atoms with van der Waals surface area (Å²) in [7, 11) is 2.30. The Morgan fingerprint density at radius 2 is 1.68 bits per heavy atom. The van der Waals surface area contributed by atoms with Crippen LogP contribution < -0.4 is 5.73 Å². The van der Waals surface area contributed by atoms with Gasteiger partial charge in [-0.05, 0) is 99.3 Å². The highest BCUT2D eigenvalue weighted by Crippen LogP contribution is 2.66. The van der Waals surface area contributed by atoms with Crippen molar-refractivity contribution in [1.82, 2.24) is 4.90 Å². The highest BCUT2D eigenvalue weighted by Gasteiger charge is 2.60. The molecule has 0 unspecified atom stereocenters. The van der Waals surface area contributed by atoms with Crippen molar-refractivity contribution in [2.75, 3.05) is 20.1 Å². The molecule has 25 heavy (non-hydrogen) atoms. The molecule has 144 valence electrons. The van der Waals surface area contributed by atoms with Gasteiger partial charge in [0.05, 0.1) is 6.10 Å². The van der Waals surface area contributed by atoms with Gasteiger partial charge in [-0.1, -0.05) is 13.8 Å². The molecule has 4 saturated carbocycles. The van der Waals surface area contributed by atoms with Crippen molar-refractivity contribution in [1.29, 1.82) is 0 Å². The Hall–Kier alpha value is -0.120. The molecule has 3 N–H and O–H groups in total. The van der Waals surface area contributed by atoms with Gasteiger partial charge in [-0.2, -0.15) is 0 Å². The molecule has 0 heterocycles. The Bertz CT molecular complexity index is 496. The fraction of sp³-hybridized carbons (Fsp3) is 1.00. The summed E-state index contributed by atoms with van der Waals surface area (Å²) in [6, 6.07) is 0.737. The van der Waals surface area contributed by atoms with Crippen molar-refractivity contribution in [3.63, 3.8) is 0 Å². The fourth-order valence-electron chi connectivity index (χ4n) is 8.29. The molecule has 0 amide bonds. The largest absolute Gasteiger partial charge is 0.393 e. The van der Waals surface area contributed by atoms with Crippen LogP contribution in [0.3, 0.4) is 0 Å². The van der Waals surface area contributed by atoms with Gasteiger partial charge in [-0.3, -0.25) is 0 Å². The maximum atomic E-state index is 10.2. The summed E-state index contributed by atoms with van der Waals surface area (Å²) in [6.45, 7) is 7.02. The Balaban J connectivity index is 1.56. The van der Waals surface area contributed by atoms with Crippen molar-refractivity contribution < 1.29 is 5.11 Å². The first kappa shape index (κ1) is 18.3. The van der Waals surface area contributed by atoms with Gasteiger partial charge < -0.3 is 15.7 Å². The summed E-state index contributed by atoms with van der Waals surface area (Å²) in [5, 5.41) is 10.2. The minimum Gasteiger partial charge on any atom is -0.393 e. The second-order valence-corrected chi connectivity index (χ2v) is 10.5. The van der Waals surface area contributed by atoms with Crippen molar-refractivity contribution in [3.8, 4) is 0 Å². The van der Waals surface area contributed by atoms with E-state index in [1.807, 2.05) is 0 Å². The van der Waals surface area contributed by atoms with E-state index in [2.05, 4.69) is 25.8 Å². The summed E-state index contributed by atoms with van der Waals surface area (Å²) in [5.41, 5.74) is 6.86. The van der Waals surface area contributed by atoms with Gasteiger partial charge in [0.1, 0.15) is 0 Å². The van der Waals surface area contributed by atoms with E-state index in [-0.39, 0.29) is 6.10 Å². The second-order valence-electron chi connectivity index (χ2n) is 10.5. The van der Waals surface area contributed by atoms with Crippen LogP contribution in [0.25, 0.3) is 0 Å². The molecule has 0 spiro atoms. The molecule has 0 aromatic heterocycles. The minimum atomic E-state index is -0.0238. The minimum absolute atomic E-state index is 0.0238. The van der Waals surface area contributed by atoms with Crippen LogP contribution in [0.1, 0.15) is 71.6 Å². The average Bonchev–Trinajstić information content (AvgIpc) is 2.93. The standard InChI is InChI=1S/C22H40N2O/c1-21-10-8-16(25)14-15(21)4-5-17-18-6-7-20(24(3)13-12-23)22(18,2)11-9-19(17)21/h15-20,25H,4-14,23H2,1-3H3/t15-,16+,17-,18+,19+,20+,21-,22-/m0/s1. The van der Waals surface area contributed by atoms with E-state index < -0.39 is 0 Å². The first-order valence-electron chi connectivity index (χ1n) is 11.0. The van der Waals surface area contributed by atoms with E-state index in [4.69, 9.17) is 5.73 Å². The molecule has 0 aromatic carbocycles. The van der Waals surface area contributed by atoms with E-state index >= 15 is 0 Å². The average molecular weight is 349 g/mol. The third-order valence-corrected chi connectivity index (χ3v) is 9.60. The zero-order valence-electron chi connectivity index (χ0n) is 16.7. The number of hydrogen-bond acceptors (Lipinski definition) is 3. The lowest BCUT2D eigenvalue weighted by molar-refractivity contribution is -0.128. The van der Waals surface area contributed by atoms with Crippen molar-refractivity contribution in [3.05, 3.63) is 0 Å². The lowest BCUT2D eigenvalue weighted by Gasteiger charge is -2.61. The van der Waals surface area contributed by atoms with Crippen molar-refractivity contribution in [2.45, 2.75) is 83.8 Å². The van der Waals surface area contributed by atoms with Gasteiger partial charge in [-0.25, -0.2) is 0 Å². The molecule has 4 aliphatic carbocycles. The highest BCUT2D eigenvalue weighted by atomic mass is 16.3. The zero-order chi connectivity index (χ0) is 17.8. The molecule has 3 nitrogen and oxygen atoms in total. The van der Waals surface area contributed by atoms with E-state index in [1.54, 1.807) is 0 Å². The smallest absolute Gasteiger partial charge is 0.0543 e. The van der Waals surface area contributed by atoms with E-state index in [1.165, 1.54) is 44.9 Å². The number of aliphatic hydroxyl groups excluding tert-OH is 1. The molecule has 4 rings (SSSR count). The van der Waals surface area contributed by atoms with Gasteiger partial charge in [0.15, 0.2) is 0 Å². The van der Waals surface area contributed by atoms with Gasteiger partial charge in [0.25, 0.3) is 0 Å². The first-order chi connectivity index (χ1) is 11.9. The fourth-order valence-corrected chi connectivity index (χ4v) is 8.29. The second kappa shape index (κ2) is 6.49. The number of aliphatic hydroxyl groups is 1. The van der Waals surface area contributed by atoms with Gasteiger partial charge in [0, 0.05) is 19.1 Å². The predicted molar refractivity (Wildman–Crippen MR) is 103 cm³/mol. The number of nitrogens with two attached hydrogens (primary N) is 1. The maximum absolute atomic E-state index is 10.2. The molecule has 0 aliphatic heterocycles. The maximum Gasteiger partial charge on any atom is 0.0543 e. The normalized spacial score (nSPS) is 52.6.